The fourth-order valence-corrected chi connectivity index (χ4v) is 2.10. The summed E-state index contributed by atoms with van der Waals surface area (Å²) >= 11 is 0. The third kappa shape index (κ3) is 6.09. The predicted molar refractivity (Wildman–Crippen MR) is 93.7 cm³/mol. The largest absolute Gasteiger partial charge is 0.374 e. The summed E-state index contributed by atoms with van der Waals surface area (Å²) < 4.78 is 5.65. The molecule has 0 atom stereocenters. The minimum Gasteiger partial charge on any atom is -0.374 e. The van der Waals surface area contributed by atoms with Crippen molar-refractivity contribution >= 4 is 12.0 Å². The molecule has 2 rings (SSSR count). The van der Waals surface area contributed by atoms with Crippen LogP contribution in [0, 0.1) is 0 Å². The van der Waals surface area contributed by atoms with Crippen LogP contribution in [-0.2, 0) is 22.7 Å². The van der Waals surface area contributed by atoms with E-state index in [1.807, 2.05) is 74.5 Å². The summed E-state index contributed by atoms with van der Waals surface area (Å²) in [6, 6.07) is 17.8. The molecule has 2 aromatic rings. The van der Waals surface area contributed by atoms with Crippen LogP contribution in [0.2, 0.25) is 0 Å². The number of hydrogen-bond acceptors (Lipinski definition) is 2. The molecule has 0 radical (unpaired) electrons. The van der Waals surface area contributed by atoms with Crippen LogP contribution in [0.15, 0.2) is 60.7 Å². The Labute approximate surface area is 138 Å². The molecule has 0 spiro atoms. The molecular weight excluding hydrogens is 286 g/mol. The van der Waals surface area contributed by atoms with E-state index in [1.165, 1.54) is 0 Å². The maximum atomic E-state index is 11.9. The first-order chi connectivity index (χ1) is 11.1. The van der Waals surface area contributed by atoms with Crippen LogP contribution in [0.1, 0.15) is 30.5 Å². The van der Waals surface area contributed by atoms with Crippen LogP contribution in [0.25, 0.3) is 6.08 Å². The summed E-state index contributed by atoms with van der Waals surface area (Å²) in [6.45, 7) is 5.08. The smallest absolute Gasteiger partial charge is 0.244 e. The Kier molecular flexibility index (Phi) is 6.57. The van der Waals surface area contributed by atoms with Gasteiger partial charge in [-0.25, -0.2) is 0 Å². The molecule has 0 bridgehead atoms. The Bertz CT molecular complexity index is 648. The van der Waals surface area contributed by atoms with Crippen LogP contribution in [0.3, 0.4) is 0 Å². The molecule has 2 aromatic carbocycles. The molecule has 1 amide bonds. The van der Waals surface area contributed by atoms with Crippen LogP contribution in [0.5, 0.6) is 0 Å². The first-order valence-corrected chi connectivity index (χ1v) is 7.84. The van der Waals surface area contributed by atoms with Crippen molar-refractivity contribution in [2.45, 2.75) is 33.1 Å². The molecular formula is C20H23NO2. The monoisotopic (exact) mass is 309 g/mol. The van der Waals surface area contributed by atoms with E-state index in [9.17, 15) is 4.79 Å². The maximum Gasteiger partial charge on any atom is 0.244 e. The number of rotatable bonds is 7. The van der Waals surface area contributed by atoms with E-state index in [0.717, 1.165) is 16.7 Å². The summed E-state index contributed by atoms with van der Waals surface area (Å²) in [7, 11) is 0. The second-order valence-electron chi connectivity index (χ2n) is 5.59. The molecule has 0 aliphatic carbocycles. The molecule has 1 N–H and O–H groups in total. The Morgan fingerprint density at radius 3 is 2.39 bits per heavy atom. The third-order valence-electron chi connectivity index (χ3n) is 3.37. The van der Waals surface area contributed by atoms with Crippen molar-refractivity contribution in [3.8, 4) is 0 Å². The predicted octanol–water partition coefficient (Wildman–Crippen LogP) is 3.94. The van der Waals surface area contributed by atoms with Crippen molar-refractivity contribution < 1.29 is 9.53 Å². The van der Waals surface area contributed by atoms with E-state index in [4.69, 9.17) is 4.74 Å². The third-order valence-corrected chi connectivity index (χ3v) is 3.37. The standard InChI is InChI=1S/C20H23NO2/c1-16(2)23-15-19-11-7-6-10-18(19)14-21-20(22)13-12-17-8-4-3-5-9-17/h3-13,16H,14-15H2,1-2H3,(H,21,22). The Morgan fingerprint density at radius 2 is 1.70 bits per heavy atom. The van der Waals surface area contributed by atoms with E-state index >= 15 is 0 Å². The van der Waals surface area contributed by atoms with E-state index in [-0.39, 0.29) is 12.0 Å². The van der Waals surface area contributed by atoms with Gasteiger partial charge in [-0.2, -0.15) is 0 Å². The van der Waals surface area contributed by atoms with Crippen molar-refractivity contribution in [3.05, 3.63) is 77.4 Å². The molecule has 23 heavy (non-hydrogen) atoms. The summed E-state index contributed by atoms with van der Waals surface area (Å²) in [5.41, 5.74) is 3.19. The lowest BCUT2D eigenvalue weighted by Crippen LogP contribution is -2.21. The quantitative estimate of drug-likeness (QED) is 0.787. The van der Waals surface area contributed by atoms with Crippen molar-refractivity contribution in [2.24, 2.45) is 0 Å². The van der Waals surface area contributed by atoms with E-state index in [1.54, 1.807) is 6.08 Å². The van der Waals surface area contributed by atoms with Gasteiger partial charge >= 0.3 is 0 Å². The molecule has 0 saturated carbocycles. The Balaban J connectivity index is 1.90. The van der Waals surface area contributed by atoms with Gasteiger partial charge in [-0.1, -0.05) is 54.6 Å². The van der Waals surface area contributed by atoms with Crippen molar-refractivity contribution in [3.63, 3.8) is 0 Å². The Hall–Kier alpha value is -2.39. The number of nitrogens with one attached hydrogen (secondary N) is 1. The summed E-state index contributed by atoms with van der Waals surface area (Å²) in [4.78, 5) is 11.9. The van der Waals surface area contributed by atoms with Gasteiger partial charge in [-0.3, -0.25) is 4.79 Å². The maximum absolute atomic E-state index is 11.9. The van der Waals surface area contributed by atoms with Crippen molar-refractivity contribution in [1.29, 1.82) is 0 Å². The summed E-state index contributed by atoms with van der Waals surface area (Å²) in [5, 5.41) is 2.92. The average Bonchev–Trinajstić information content (AvgIpc) is 2.58. The highest BCUT2D eigenvalue weighted by Crippen LogP contribution is 2.11. The zero-order chi connectivity index (χ0) is 16.5. The molecule has 0 heterocycles. The fraction of sp³-hybridized carbons (Fsp3) is 0.250. The molecule has 0 unspecified atom stereocenters. The molecule has 0 aliphatic heterocycles. The molecule has 0 fully saturated rings. The number of ether oxygens (including phenoxy) is 1. The molecule has 0 aliphatic rings. The molecule has 0 saturated heterocycles. The van der Waals surface area contributed by atoms with Gasteiger partial charge < -0.3 is 10.1 Å². The highest BCUT2D eigenvalue weighted by atomic mass is 16.5. The molecule has 3 nitrogen and oxygen atoms in total. The minimum absolute atomic E-state index is 0.103. The lowest BCUT2D eigenvalue weighted by molar-refractivity contribution is -0.116. The number of amides is 1. The molecule has 0 aromatic heterocycles. The van der Waals surface area contributed by atoms with Gasteiger partial charge in [0.15, 0.2) is 0 Å². The zero-order valence-corrected chi connectivity index (χ0v) is 13.7. The van der Waals surface area contributed by atoms with Crippen LogP contribution < -0.4 is 5.32 Å². The van der Waals surface area contributed by atoms with Gasteiger partial charge in [0.2, 0.25) is 5.91 Å². The second kappa shape index (κ2) is 8.91. The molecule has 120 valence electrons. The van der Waals surface area contributed by atoms with Gasteiger partial charge in [0.25, 0.3) is 0 Å². The van der Waals surface area contributed by atoms with Crippen LogP contribution >= 0.6 is 0 Å². The second-order valence-corrected chi connectivity index (χ2v) is 5.59. The normalized spacial score (nSPS) is 11.1. The van der Waals surface area contributed by atoms with Gasteiger partial charge in [0, 0.05) is 12.6 Å². The van der Waals surface area contributed by atoms with Gasteiger partial charge in [0.05, 0.1) is 12.7 Å². The average molecular weight is 309 g/mol. The first kappa shape index (κ1) is 17.0. The SMILES string of the molecule is CC(C)OCc1ccccc1CNC(=O)C=Cc1ccccc1. The number of carbonyl (C=O) groups excluding carboxylic acids is 1. The summed E-state index contributed by atoms with van der Waals surface area (Å²) in [6.07, 6.45) is 3.55. The highest BCUT2D eigenvalue weighted by Gasteiger charge is 2.04. The van der Waals surface area contributed by atoms with Crippen LogP contribution in [0.4, 0.5) is 0 Å². The molecule has 3 heteroatoms. The Morgan fingerprint density at radius 1 is 1.04 bits per heavy atom. The summed E-state index contributed by atoms with van der Waals surface area (Å²) in [5.74, 6) is -0.103. The van der Waals surface area contributed by atoms with Gasteiger partial charge in [0.1, 0.15) is 0 Å². The highest BCUT2D eigenvalue weighted by molar-refractivity contribution is 5.91. The van der Waals surface area contributed by atoms with Crippen LogP contribution in [-0.4, -0.2) is 12.0 Å². The minimum atomic E-state index is -0.103. The lowest BCUT2D eigenvalue weighted by atomic mass is 10.1. The van der Waals surface area contributed by atoms with E-state index in [0.29, 0.717) is 13.2 Å². The zero-order valence-electron chi connectivity index (χ0n) is 13.7. The first-order valence-electron chi connectivity index (χ1n) is 7.84. The lowest BCUT2D eigenvalue weighted by Gasteiger charge is -2.12. The van der Waals surface area contributed by atoms with Gasteiger partial charge in [-0.05, 0) is 36.6 Å². The van der Waals surface area contributed by atoms with Crippen molar-refractivity contribution in [1.82, 2.24) is 5.32 Å². The number of benzene rings is 2. The van der Waals surface area contributed by atoms with E-state index in [2.05, 4.69) is 5.32 Å². The topological polar surface area (TPSA) is 38.3 Å². The van der Waals surface area contributed by atoms with Crippen molar-refractivity contribution in [2.75, 3.05) is 0 Å². The number of hydrogen-bond donors (Lipinski definition) is 1. The fourth-order valence-electron chi connectivity index (χ4n) is 2.10. The number of carbonyl (C=O) groups is 1. The van der Waals surface area contributed by atoms with Gasteiger partial charge in [-0.15, -0.1) is 0 Å². The van der Waals surface area contributed by atoms with E-state index < -0.39 is 0 Å².